The van der Waals surface area contributed by atoms with Gasteiger partial charge in [-0.25, -0.2) is 0 Å². The Kier molecular flexibility index (Phi) is 6.26. The molecule has 8 heteroatoms. The van der Waals surface area contributed by atoms with Crippen LogP contribution in [0.5, 0.6) is 11.5 Å². The van der Waals surface area contributed by atoms with E-state index in [-0.39, 0.29) is 5.91 Å². The average Bonchev–Trinajstić information content (AvgIpc) is 3.19. The van der Waals surface area contributed by atoms with Gasteiger partial charge >= 0.3 is 0 Å². The Bertz CT molecular complexity index is 932. The third kappa shape index (κ3) is 4.75. The van der Waals surface area contributed by atoms with Gasteiger partial charge in [-0.3, -0.25) is 14.2 Å². The summed E-state index contributed by atoms with van der Waals surface area (Å²) in [6.45, 7) is 0.567. The van der Waals surface area contributed by atoms with Crippen molar-refractivity contribution >= 4 is 29.5 Å². The first-order valence-corrected chi connectivity index (χ1v) is 9.25. The second-order valence-electron chi connectivity index (χ2n) is 5.56. The van der Waals surface area contributed by atoms with Crippen molar-refractivity contribution in [2.24, 2.45) is 0 Å². The maximum absolute atomic E-state index is 12.5. The largest absolute Gasteiger partial charge is 0.496 e. The lowest BCUT2D eigenvalue weighted by Crippen LogP contribution is -2.16. The van der Waals surface area contributed by atoms with E-state index in [0.717, 1.165) is 10.5 Å². The van der Waals surface area contributed by atoms with Crippen LogP contribution in [-0.2, 0) is 6.54 Å². The Morgan fingerprint density at radius 2 is 2.00 bits per heavy atom. The number of ether oxygens (including phenoxy) is 2. The topological polar surface area (TPSA) is 65.4 Å². The summed E-state index contributed by atoms with van der Waals surface area (Å²) in [5, 5.41) is 4.67. The molecule has 0 saturated carbocycles. The number of carbonyl (C=O) groups is 1. The van der Waals surface area contributed by atoms with Gasteiger partial charge in [0.25, 0.3) is 5.91 Å². The van der Waals surface area contributed by atoms with Crippen LogP contribution in [0.15, 0.2) is 59.8 Å². The van der Waals surface area contributed by atoms with Crippen LogP contribution in [-0.4, -0.2) is 29.9 Å². The minimum atomic E-state index is -0.226. The fourth-order valence-electron chi connectivity index (χ4n) is 2.46. The third-order valence-electron chi connectivity index (χ3n) is 3.83. The molecule has 27 heavy (non-hydrogen) atoms. The van der Waals surface area contributed by atoms with Crippen molar-refractivity contribution < 1.29 is 14.3 Å². The number of carbonyl (C=O) groups excluding carboxylic acids is 1. The monoisotopic (exact) mass is 403 g/mol. The Morgan fingerprint density at radius 1 is 1.19 bits per heavy atom. The van der Waals surface area contributed by atoms with E-state index in [4.69, 9.17) is 21.1 Å². The van der Waals surface area contributed by atoms with Gasteiger partial charge in [0.05, 0.1) is 25.8 Å². The maximum atomic E-state index is 12.5. The van der Waals surface area contributed by atoms with E-state index in [1.165, 1.54) is 11.9 Å². The predicted molar refractivity (Wildman–Crippen MR) is 106 cm³/mol. The third-order valence-corrected chi connectivity index (χ3v) is 4.90. The molecule has 0 aliphatic rings. The van der Waals surface area contributed by atoms with Gasteiger partial charge in [0.15, 0.2) is 0 Å². The molecule has 1 N–H and O–H groups in total. The summed E-state index contributed by atoms with van der Waals surface area (Å²) < 4.78 is 15.1. The molecule has 1 amide bonds. The molecule has 0 bridgehead atoms. The number of halogens is 1. The van der Waals surface area contributed by atoms with E-state index >= 15 is 0 Å². The molecule has 0 unspecified atom stereocenters. The summed E-state index contributed by atoms with van der Waals surface area (Å²) in [5.41, 5.74) is 1.44. The molecule has 3 rings (SSSR count). The number of rotatable bonds is 7. The Morgan fingerprint density at radius 3 is 2.67 bits per heavy atom. The fraction of sp³-hybridized carbons (Fsp3) is 0.158. The zero-order valence-electron chi connectivity index (χ0n) is 14.8. The first-order chi connectivity index (χ1) is 13.1. The molecule has 0 aliphatic carbocycles. The number of nitrogens with one attached hydrogen (secondary N) is 1. The van der Waals surface area contributed by atoms with E-state index < -0.39 is 0 Å². The van der Waals surface area contributed by atoms with Crippen molar-refractivity contribution in [1.82, 2.24) is 14.5 Å². The van der Waals surface area contributed by atoms with Crippen LogP contribution in [0.2, 0.25) is 5.02 Å². The van der Waals surface area contributed by atoms with Gasteiger partial charge in [0.2, 0.25) is 0 Å². The quantitative estimate of drug-likeness (QED) is 0.603. The molecule has 0 fully saturated rings. The number of hydrogen-bond donors (Lipinski definition) is 1. The molecular formula is C19H18ClN3O3S. The zero-order chi connectivity index (χ0) is 19.2. The second kappa shape index (κ2) is 8.83. The molecule has 0 atom stereocenters. The summed E-state index contributed by atoms with van der Waals surface area (Å²) in [7, 11) is 3.14. The van der Waals surface area contributed by atoms with Crippen LogP contribution in [0.3, 0.4) is 0 Å². The molecule has 0 spiro atoms. The molecule has 1 heterocycles. The normalized spacial score (nSPS) is 10.5. The highest BCUT2D eigenvalue weighted by atomic mass is 35.5. The molecule has 0 saturated heterocycles. The summed E-state index contributed by atoms with van der Waals surface area (Å²) >= 11 is 7.29. The highest BCUT2D eigenvalue weighted by molar-refractivity contribution is 7.98. The first-order valence-electron chi connectivity index (χ1n) is 8.06. The summed E-state index contributed by atoms with van der Waals surface area (Å²) in [6, 6.07) is 12.5. The van der Waals surface area contributed by atoms with E-state index in [1.54, 1.807) is 49.4 Å². The van der Waals surface area contributed by atoms with Gasteiger partial charge in [-0.1, -0.05) is 17.7 Å². The van der Waals surface area contributed by atoms with E-state index in [0.29, 0.717) is 28.6 Å². The minimum Gasteiger partial charge on any atom is -0.496 e. The van der Waals surface area contributed by atoms with Gasteiger partial charge in [-0.2, -0.15) is 5.10 Å². The van der Waals surface area contributed by atoms with E-state index in [1.807, 2.05) is 24.4 Å². The fourth-order valence-corrected chi connectivity index (χ4v) is 3.42. The smallest absolute Gasteiger partial charge is 0.261 e. The second-order valence-corrected chi connectivity index (χ2v) is 6.85. The van der Waals surface area contributed by atoms with Crippen LogP contribution < -0.4 is 14.2 Å². The van der Waals surface area contributed by atoms with Gasteiger partial charge in [-0.15, -0.1) is 0 Å². The molecular weight excluding hydrogens is 386 g/mol. The lowest BCUT2D eigenvalue weighted by molar-refractivity contribution is 0.0984. The van der Waals surface area contributed by atoms with Crippen molar-refractivity contribution in [2.75, 3.05) is 14.2 Å². The molecule has 1 aromatic heterocycles. The molecule has 6 nitrogen and oxygen atoms in total. The standard InChI is InChI=1S/C19H18ClN3O3S/c1-25-17-7-6-15(11-16(17)20)27-22-19(24)13-4-5-14(18(10-13)26-2)12-23-9-3-8-21-23/h3-11H,12H2,1-2H3,(H,22,24). The van der Waals surface area contributed by atoms with E-state index in [2.05, 4.69) is 9.82 Å². The van der Waals surface area contributed by atoms with Crippen molar-refractivity contribution in [3.8, 4) is 11.5 Å². The van der Waals surface area contributed by atoms with Gasteiger partial charge < -0.3 is 9.47 Å². The minimum absolute atomic E-state index is 0.226. The zero-order valence-corrected chi connectivity index (χ0v) is 16.4. The number of hydrogen-bond acceptors (Lipinski definition) is 5. The number of amides is 1. The van der Waals surface area contributed by atoms with Gasteiger partial charge in [0.1, 0.15) is 11.5 Å². The van der Waals surface area contributed by atoms with Crippen molar-refractivity contribution in [1.29, 1.82) is 0 Å². The maximum Gasteiger partial charge on any atom is 0.261 e. The van der Waals surface area contributed by atoms with Gasteiger partial charge in [0, 0.05) is 28.4 Å². The number of benzene rings is 2. The lowest BCUT2D eigenvalue weighted by Gasteiger charge is -2.11. The Balaban J connectivity index is 1.68. The molecule has 2 aromatic carbocycles. The van der Waals surface area contributed by atoms with E-state index in [9.17, 15) is 4.79 Å². The molecule has 0 aliphatic heterocycles. The van der Waals surface area contributed by atoms with Crippen LogP contribution in [0, 0.1) is 0 Å². The summed E-state index contributed by atoms with van der Waals surface area (Å²) in [4.78, 5) is 13.3. The van der Waals surface area contributed by atoms with Crippen LogP contribution >= 0.6 is 23.5 Å². The number of nitrogens with zero attached hydrogens (tertiary/aromatic N) is 2. The number of aromatic nitrogens is 2. The van der Waals surface area contributed by atoms with Crippen molar-refractivity contribution in [3.63, 3.8) is 0 Å². The highest BCUT2D eigenvalue weighted by Gasteiger charge is 2.12. The Hall–Kier alpha value is -2.64. The summed E-state index contributed by atoms with van der Waals surface area (Å²) in [6.07, 6.45) is 3.59. The molecule has 140 valence electrons. The highest BCUT2D eigenvalue weighted by Crippen LogP contribution is 2.29. The predicted octanol–water partition coefficient (Wildman–Crippen LogP) is 4.04. The summed E-state index contributed by atoms with van der Waals surface area (Å²) in [5.74, 6) is 0.997. The average molecular weight is 404 g/mol. The first kappa shape index (κ1) is 19.1. The van der Waals surface area contributed by atoms with Gasteiger partial charge in [-0.05, 0) is 48.3 Å². The van der Waals surface area contributed by atoms with Crippen LogP contribution in [0.1, 0.15) is 15.9 Å². The van der Waals surface area contributed by atoms with Crippen molar-refractivity contribution in [3.05, 3.63) is 71.0 Å². The number of methoxy groups -OCH3 is 2. The molecule has 0 radical (unpaired) electrons. The van der Waals surface area contributed by atoms with Crippen molar-refractivity contribution in [2.45, 2.75) is 11.4 Å². The SMILES string of the molecule is COc1ccc(SNC(=O)c2ccc(Cn3cccn3)c(OC)c2)cc1Cl. The molecule has 3 aromatic rings. The van der Waals surface area contributed by atoms with Crippen LogP contribution in [0.4, 0.5) is 0 Å². The van der Waals surface area contributed by atoms with Crippen LogP contribution in [0.25, 0.3) is 0 Å². The lowest BCUT2D eigenvalue weighted by atomic mass is 10.1. The Labute approximate surface area is 166 Å².